The first-order valence-electron chi connectivity index (χ1n) is 5.61. The first-order valence-corrected chi connectivity index (χ1v) is 7.23. The van der Waals surface area contributed by atoms with E-state index in [1.165, 1.54) is 6.07 Å². The summed E-state index contributed by atoms with van der Waals surface area (Å²) >= 11 is 0. The van der Waals surface area contributed by atoms with E-state index in [4.69, 9.17) is 10.8 Å². The Balaban J connectivity index is 2.66. The number of carbonyl (C=O) groups is 1. The van der Waals surface area contributed by atoms with Crippen LogP contribution in [0.3, 0.4) is 0 Å². The minimum Gasteiger partial charge on any atom is -0.478 e. The van der Waals surface area contributed by atoms with Crippen LogP contribution in [0, 0.1) is 0 Å². The molecule has 1 aromatic carbocycles. The number of rotatable bonds is 6. The van der Waals surface area contributed by atoms with Crippen LogP contribution in [0.1, 0.15) is 23.7 Å². The lowest BCUT2D eigenvalue weighted by molar-refractivity contribution is 0.0698. The van der Waals surface area contributed by atoms with Crippen molar-refractivity contribution in [3.63, 3.8) is 0 Å². The van der Waals surface area contributed by atoms with Gasteiger partial charge < -0.3 is 16.2 Å². The van der Waals surface area contributed by atoms with E-state index in [2.05, 4.69) is 5.32 Å². The monoisotopic (exact) mass is 270 g/mol. The van der Waals surface area contributed by atoms with E-state index in [0.29, 0.717) is 12.2 Å². The van der Waals surface area contributed by atoms with Crippen LogP contribution in [0.25, 0.3) is 0 Å². The molecule has 1 rings (SSSR count). The molecule has 0 aliphatic carbocycles. The Kier molecular flexibility index (Phi) is 5.15. The van der Waals surface area contributed by atoms with Gasteiger partial charge in [0.05, 0.1) is 16.9 Å². The Morgan fingerprint density at radius 3 is 2.78 bits per heavy atom. The number of hydrogen-bond donors (Lipinski definition) is 3. The van der Waals surface area contributed by atoms with Crippen LogP contribution in [0.5, 0.6) is 0 Å². The lowest BCUT2D eigenvalue weighted by atomic mass is 10.1. The molecule has 0 saturated carbocycles. The number of anilines is 2. The minimum atomic E-state index is -1.04. The van der Waals surface area contributed by atoms with E-state index >= 15 is 0 Å². The summed E-state index contributed by atoms with van der Waals surface area (Å²) in [7, 11) is -0.851. The lowest BCUT2D eigenvalue weighted by Crippen LogP contribution is -2.16. The number of nitrogens with one attached hydrogen (secondary N) is 1. The van der Waals surface area contributed by atoms with E-state index in [1.807, 2.05) is 6.92 Å². The zero-order valence-electron chi connectivity index (χ0n) is 10.5. The van der Waals surface area contributed by atoms with Crippen molar-refractivity contribution in [2.75, 3.05) is 23.9 Å². The fourth-order valence-electron chi connectivity index (χ4n) is 1.48. The third kappa shape index (κ3) is 3.73. The second kappa shape index (κ2) is 6.39. The SMILES string of the molecule is CC(CCNc1cccc(C(=O)O)c1N)S(C)=O. The van der Waals surface area contributed by atoms with Gasteiger partial charge in [-0.05, 0) is 18.6 Å². The van der Waals surface area contributed by atoms with Crippen molar-refractivity contribution in [2.45, 2.75) is 18.6 Å². The second-order valence-electron chi connectivity index (χ2n) is 4.10. The number of aromatic carboxylic acids is 1. The molecule has 0 bridgehead atoms. The van der Waals surface area contributed by atoms with Crippen molar-refractivity contribution >= 4 is 28.1 Å². The molecule has 0 aliphatic heterocycles. The van der Waals surface area contributed by atoms with E-state index < -0.39 is 16.8 Å². The third-order valence-electron chi connectivity index (χ3n) is 2.77. The summed E-state index contributed by atoms with van der Waals surface area (Å²) in [6.07, 6.45) is 2.41. The molecule has 1 aromatic rings. The summed E-state index contributed by atoms with van der Waals surface area (Å²) in [6.45, 7) is 2.52. The second-order valence-corrected chi connectivity index (χ2v) is 5.90. The lowest BCUT2D eigenvalue weighted by Gasteiger charge is -2.13. The highest BCUT2D eigenvalue weighted by molar-refractivity contribution is 7.84. The molecule has 0 fully saturated rings. The maximum absolute atomic E-state index is 11.2. The van der Waals surface area contributed by atoms with E-state index in [0.717, 1.165) is 6.42 Å². The number of hydrogen-bond acceptors (Lipinski definition) is 4. The molecule has 0 spiro atoms. The van der Waals surface area contributed by atoms with Gasteiger partial charge in [-0.15, -0.1) is 0 Å². The summed E-state index contributed by atoms with van der Waals surface area (Å²) in [5.41, 5.74) is 6.68. The Morgan fingerprint density at radius 1 is 1.56 bits per heavy atom. The molecule has 2 atom stereocenters. The molecule has 5 nitrogen and oxygen atoms in total. The molecular weight excluding hydrogens is 252 g/mol. The molecule has 100 valence electrons. The molecule has 18 heavy (non-hydrogen) atoms. The fourth-order valence-corrected chi connectivity index (χ4v) is 1.93. The van der Waals surface area contributed by atoms with Gasteiger partial charge in [-0.2, -0.15) is 0 Å². The highest BCUT2D eigenvalue weighted by Crippen LogP contribution is 2.22. The topological polar surface area (TPSA) is 92.4 Å². The van der Waals surface area contributed by atoms with Gasteiger partial charge in [-0.3, -0.25) is 4.21 Å². The van der Waals surface area contributed by atoms with Crippen LogP contribution >= 0.6 is 0 Å². The van der Waals surface area contributed by atoms with Crippen LogP contribution in [0.4, 0.5) is 11.4 Å². The Bertz CT molecular complexity index is 463. The molecule has 4 N–H and O–H groups in total. The smallest absolute Gasteiger partial charge is 0.337 e. The summed E-state index contributed by atoms with van der Waals surface area (Å²) in [6, 6.07) is 4.84. The van der Waals surface area contributed by atoms with Gasteiger partial charge in [0.15, 0.2) is 0 Å². The van der Waals surface area contributed by atoms with Gasteiger partial charge in [0.25, 0.3) is 0 Å². The van der Waals surface area contributed by atoms with Crippen molar-refractivity contribution in [1.29, 1.82) is 0 Å². The van der Waals surface area contributed by atoms with Gasteiger partial charge >= 0.3 is 5.97 Å². The molecule has 0 saturated heterocycles. The van der Waals surface area contributed by atoms with Crippen LogP contribution in [0.2, 0.25) is 0 Å². The van der Waals surface area contributed by atoms with Gasteiger partial charge in [-0.1, -0.05) is 13.0 Å². The molecule has 0 aliphatic rings. The van der Waals surface area contributed by atoms with Crippen molar-refractivity contribution < 1.29 is 14.1 Å². The highest BCUT2D eigenvalue weighted by Gasteiger charge is 2.11. The number of nitrogen functional groups attached to an aromatic ring is 1. The van der Waals surface area contributed by atoms with Gasteiger partial charge in [0.1, 0.15) is 0 Å². The normalized spacial score (nSPS) is 13.9. The molecule has 0 heterocycles. The molecule has 0 aromatic heterocycles. The summed E-state index contributed by atoms with van der Waals surface area (Å²) in [4.78, 5) is 10.9. The minimum absolute atomic E-state index is 0.0899. The molecule has 6 heteroatoms. The number of nitrogens with two attached hydrogens (primary N) is 1. The fraction of sp³-hybridized carbons (Fsp3) is 0.417. The maximum atomic E-state index is 11.2. The summed E-state index contributed by atoms with van der Waals surface area (Å²) < 4.78 is 11.2. The molecule has 2 unspecified atom stereocenters. The van der Waals surface area contributed by atoms with E-state index in [-0.39, 0.29) is 16.5 Å². The third-order valence-corrected chi connectivity index (χ3v) is 4.14. The average Bonchev–Trinajstić information content (AvgIpc) is 2.30. The zero-order valence-corrected chi connectivity index (χ0v) is 11.3. The molecule has 0 amide bonds. The van der Waals surface area contributed by atoms with Crippen LogP contribution in [-0.2, 0) is 10.8 Å². The summed E-state index contributed by atoms with van der Waals surface area (Å²) in [5, 5.41) is 12.1. The highest BCUT2D eigenvalue weighted by atomic mass is 32.2. The standard InChI is InChI=1S/C12H18N2O3S/c1-8(18(2)17)6-7-14-10-5-3-4-9(11(10)13)12(15)16/h3-5,8,14H,6-7,13H2,1-2H3,(H,15,16). The van der Waals surface area contributed by atoms with E-state index in [9.17, 15) is 9.00 Å². The first kappa shape index (κ1) is 14.5. The summed E-state index contributed by atoms with van der Waals surface area (Å²) in [5.74, 6) is -1.04. The number of carboxylic acids is 1. The van der Waals surface area contributed by atoms with Crippen molar-refractivity contribution in [3.8, 4) is 0 Å². The Hall–Kier alpha value is -1.56. The van der Waals surface area contributed by atoms with Crippen LogP contribution < -0.4 is 11.1 Å². The van der Waals surface area contributed by atoms with Gasteiger partial charge in [0, 0.05) is 28.9 Å². The number of benzene rings is 1. The molecule has 0 radical (unpaired) electrons. The van der Waals surface area contributed by atoms with Crippen molar-refractivity contribution in [3.05, 3.63) is 23.8 Å². The predicted molar refractivity (Wildman–Crippen MR) is 74.4 cm³/mol. The van der Waals surface area contributed by atoms with Gasteiger partial charge in [0.2, 0.25) is 0 Å². The largest absolute Gasteiger partial charge is 0.478 e. The van der Waals surface area contributed by atoms with Crippen LogP contribution in [-0.4, -0.2) is 33.3 Å². The quantitative estimate of drug-likeness (QED) is 0.682. The van der Waals surface area contributed by atoms with Crippen molar-refractivity contribution in [2.24, 2.45) is 0 Å². The molecular formula is C12H18N2O3S. The Labute approximate surface area is 109 Å². The number of carboxylic acid groups (broad SMARTS) is 1. The zero-order chi connectivity index (χ0) is 13.7. The van der Waals surface area contributed by atoms with Crippen molar-refractivity contribution in [1.82, 2.24) is 0 Å². The first-order chi connectivity index (χ1) is 8.43. The maximum Gasteiger partial charge on any atom is 0.337 e. The number of para-hydroxylation sites is 1. The Morgan fingerprint density at radius 2 is 2.22 bits per heavy atom. The van der Waals surface area contributed by atoms with E-state index in [1.54, 1.807) is 18.4 Å². The van der Waals surface area contributed by atoms with Gasteiger partial charge in [-0.25, -0.2) is 4.79 Å². The average molecular weight is 270 g/mol. The van der Waals surface area contributed by atoms with Crippen LogP contribution in [0.15, 0.2) is 18.2 Å². The predicted octanol–water partition coefficient (Wildman–Crippen LogP) is 1.54.